The van der Waals surface area contributed by atoms with Crippen LogP contribution in [0.15, 0.2) is 6.07 Å². The second-order valence-corrected chi connectivity index (χ2v) is 5.15. The highest BCUT2D eigenvalue weighted by Crippen LogP contribution is 2.20. The van der Waals surface area contributed by atoms with Crippen LogP contribution in [0.4, 0.5) is 0 Å². The van der Waals surface area contributed by atoms with Gasteiger partial charge in [-0.3, -0.25) is 4.68 Å². The smallest absolute Gasteiger partial charge is 0.0596 e. The average Bonchev–Trinajstić information content (AvgIpc) is 2.56. The largest absolute Gasteiger partial charge is 0.396 e. The molecule has 15 heavy (non-hydrogen) atoms. The van der Waals surface area contributed by atoms with Gasteiger partial charge >= 0.3 is 0 Å². The lowest BCUT2D eigenvalue weighted by Gasteiger charge is -2.09. The third-order valence-electron chi connectivity index (χ3n) is 2.34. The van der Waals surface area contributed by atoms with Gasteiger partial charge in [-0.15, -0.1) is 0 Å². The standard InChI is InChI=1S/C11H20N2OS/c1-4-13-11(7-9(2)12-13)8-15-10(3)5-6-14/h7,10,14H,4-6,8H2,1-3H3. The second kappa shape index (κ2) is 6.18. The highest BCUT2D eigenvalue weighted by molar-refractivity contribution is 7.99. The van der Waals surface area contributed by atoms with Gasteiger partial charge in [-0.2, -0.15) is 16.9 Å². The normalized spacial score (nSPS) is 13.1. The van der Waals surface area contributed by atoms with Crippen molar-refractivity contribution >= 4 is 11.8 Å². The summed E-state index contributed by atoms with van der Waals surface area (Å²) in [5.74, 6) is 0.982. The van der Waals surface area contributed by atoms with Crippen molar-refractivity contribution in [2.45, 2.75) is 44.7 Å². The molecule has 0 amide bonds. The molecule has 0 bridgehead atoms. The van der Waals surface area contributed by atoms with Crippen molar-refractivity contribution in [1.82, 2.24) is 9.78 Å². The first-order valence-corrected chi connectivity index (χ1v) is 6.48. The van der Waals surface area contributed by atoms with Gasteiger partial charge in [0.15, 0.2) is 0 Å². The number of aromatic nitrogens is 2. The van der Waals surface area contributed by atoms with Gasteiger partial charge in [0.2, 0.25) is 0 Å². The van der Waals surface area contributed by atoms with E-state index in [1.165, 1.54) is 5.69 Å². The summed E-state index contributed by atoms with van der Waals surface area (Å²) in [5.41, 5.74) is 2.37. The molecule has 1 aromatic rings. The number of aliphatic hydroxyl groups excluding tert-OH is 1. The lowest BCUT2D eigenvalue weighted by Crippen LogP contribution is -2.04. The minimum atomic E-state index is 0.278. The Morgan fingerprint density at radius 1 is 1.60 bits per heavy atom. The fourth-order valence-corrected chi connectivity index (χ4v) is 2.44. The number of thioether (sulfide) groups is 1. The number of nitrogens with zero attached hydrogens (tertiary/aromatic N) is 2. The van der Waals surface area contributed by atoms with Gasteiger partial charge in [0.1, 0.15) is 0 Å². The molecule has 0 aromatic carbocycles. The third kappa shape index (κ3) is 3.87. The summed E-state index contributed by atoms with van der Waals surface area (Å²) in [6.45, 7) is 7.49. The topological polar surface area (TPSA) is 38.0 Å². The molecule has 0 saturated heterocycles. The average molecular weight is 228 g/mol. The summed E-state index contributed by atoms with van der Waals surface area (Å²) in [7, 11) is 0. The van der Waals surface area contributed by atoms with Crippen molar-refractivity contribution in [2.24, 2.45) is 0 Å². The number of hydrogen-bond donors (Lipinski definition) is 1. The summed E-state index contributed by atoms with van der Waals surface area (Å²) in [5, 5.41) is 13.7. The number of hydrogen-bond acceptors (Lipinski definition) is 3. The first-order valence-electron chi connectivity index (χ1n) is 5.43. The molecule has 1 rings (SSSR count). The van der Waals surface area contributed by atoms with E-state index in [4.69, 9.17) is 5.11 Å². The van der Waals surface area contributed by atoms with E-state index >= 15 is 0 Å². The van der Waals surface area contributed by atoms with Gasteiger partial charge in [-0.1, -0.05) is 6.92 Å². The summed E-state index contributed by atoms with van der Waals surface area (Å²) < 4.78 is 2.05. The molecule has 0 aliphatic rings. The first-order chi connectivity index (χ1) is 7.17. The van der Waals surface area contributed by atoms with E-state index in [0.717, 1.165) is 24.4 Å². The molecule has 1 N–H and O–H groups in total. The maximum absolute atomic E-state index is 8.81. The molecule has 3 nitrogen and oxygen atoms in total. The molecule has 1 heterocycles. The molecular formula is C11H20N2OS. The van der Waals surface area contributed by atoms with Crippen LogP contribution in [0.1, 0.15) is 31.7 Å². The van der Waals surface area contributed by atoms with E-state index in [2.05, 4.69) is 25.0 Å². The number of aryl methyl sites for hydroxylation is 2. The van der Waals surface area contributed by atoms with Crippen LogP contribution in [0.5, 0.6) is 0 Å². The molecule has 4 heteroatoms. The predicted molar refractivity (Wildman–Crippen MR) is 65.1 cm³/mol. The van der Waals surface area contributed by atoms with Crippen molar-refractivity contribution in [3.63, 3.8) is 0 Å². The number of aliphatic hydroxyl groups is 1. The minimum absolute atomic E-state index is 0.278. The fourth-order valence-electron chi connectivity index (χ4n) is 1.48. The minimum Gasteiger partial charge on any atom is -0.396 e. The van der Waals surface area contributed by atoms with E-state index < -0.39 is 0 Å². The van der Waals surface area contributed by atoms with E-state index in [1.807, 2.05) is 23.4 Å². The van der Waals surface area contributed by atoms with Crippen molar-refractivity contribution in [3.8, 4) is 0 Å². The predicted octanol–water partition coefficient (Wildman–Crippen LogP) is 2.22. The van der Waals surface area contributed by atoms with Gasteiger partial charge in [-0.05, 0) is 26.3 Å². The first kappa shape index (κ1) is 12.6. The molecule has 0 aliphatic heterocycles. The van der Waals surface area contributed by atoms with Gasteiger partial charge in [0.05, 0.1) is 5.69 Å². The molecule has 1 unspecified atom stereocenters. The highest BCUT2D eigenvalue weighted by atomic mass is 32.2. The Kier molecular flexibility index (Phi) is 5.19. The zero-order valence-corrected chi connectivity index (χ0v) is 10.5. The van der Waals surface area contributed by atoms with Crippen molar-refractivity contribution in [2.75, 3.05) is 6.61 Å². The Morgan fingerprint density at radius 2 is 2.33 bits per heavy atom. The van der Waals surface area contributed by atoms with Gasteiger partial charge in [0, 0.05) is 29.8 Å². The second-order valence-electron chi connectivity index (χ2n) is 3.73. The van der Waals surface area contributed by atoms with Crippen LogP contribution < -0.4 is 0 Å². The monoisotopic (exact) mass is 228 g/mol. The zero-order chi connectivity index (χ0) is 11.3. The van der Waals surface area contributed by atoms with E-state index in [9.17, 15) is 0 Å². The Hall–Kier alpha value is -0.480. The lowest BCUT2D eigenvalue weighted by atomic mass is 10.3. The Labute approximate surface area is 95.9 Å². The highest BCUT2D eigenvalue weighted by Gasteiger charge is 2.07. The zero-order valence-electron chi connectivity index (χ0n) is 9.73. The molecule has 0 spiro atoms. The van der Waals surface area contributed by atoms with E-state index in [1.54, 1.807) is 0 Å². The van der Waals surface area contributed by atoms with Crippen LogP contribution in [-0.2, 0) is 12.3 Å². The number of rotatable bonds is 6. The third-order valence-corrected chi connectivity index (χ3v) is 3.60. The Morgan fingerprint density at radius 3 is 2.93 bits per heavy atom. The molecule has 1 atom stereocenters. The molecule has 0 radical (unpaired) electrons. The van der Waals surface area contributed by atoms with Crippen molar-refractivity contribution in [1.29, 1.82) is 0 Å². The molecule has 0 fully saturated rings. The van der Waals surface area contributed by atoms with E-state index in [-0.39, 0.29) is 6.61 Å². The van der Waals surface area contributed by atoms with Crippen LogP contribution in [0.25, 0.3) is 0 Å². The molecule has 0 saturated carbocycles. The van der Waals surface area contributed by atoms with Crippen molar-refractivity contribution in [3.05, 3.63) is 17.5 Å². The van der Waals surface area contributed by atoms with Gasteiger partial charge in [-0.25, -0.2) is 0 Å². The maximum atomic E-state index is 8.81. The quantitative estimate of drug-likeness (QED) is 0.811. The Balaban J connectivity index is 2.49. The van der Waals surface area contributed by atoms with Crippen molar-refractivity contribution < 1.29 is 5.11 Å². The lowest BCUT2D eigenvalue weighted by molar-refractivity contribution is 0.289. The molecule has 1 aromatic heterocycles. The maximum Gasteiger partial charge on any atom is 0.0596 e. The summed E-state index contributed by atoms with van der Waals surface area (Å²) >= 11 is 1.88. The SMILES string of the molecule is CCn1nc(C)cc1CSC(C)CCO. The van der Waals surface area contributed by atoms with Gasteiger partial charge < -0.3 is 5.11 Å². The van der Waals surface area contributed by atoms with Gasteiger partial charge in [0.25, 0.3) is 0 Å². The van der Waals surface area contributed by atoms with E-state index in [0.29, 0.717) is 5.25 Å². The summed E-state index contributed by atoms with van der Waals surface area (Å²) in [6.07, 6.45) is 0.865. The van der Waals surface area contributed by atoms with Crippen LogP contribution in [0.2, 0.25) is 0 Å². The molecule has 86 valence electrons. The summed E-state index contributed by atoms with van der Waals surface area (Å²) in [4.78, 5) is 0. The van der Waals surface area contributed by atoms with Crippen LogP contribution in [0, 0.1) is 6.92 Å². The fraction of sp³-hybridized carbons (Fsp3) is 0.727. The van der Waals surface area contributed by atoms with Crippen LogP contribution >= 0.6 is 11.8 Å². The Bertz CT molecular complexity index is 299. The van der Waals surface area contributed by atoms with Crippen LogP contribution in [-0.4, -0.2) is 26.7 Å². The molecule has 0 aliphatic carbocycles. The summed E-state index contributed by atoms with van der Waals surface area (Å²) in [6, 6.07) is 2.14. The molecular weight excluding hydrogens is 208 g/mol. The van der Waals surface area contributed by atoms with Crippen LogP contribution in [0.3, 0.4) is 0 Å².